The van der Waals surface area contributed by atoms with E-state index in [4.69, 9.17) is 4.74 Å². The van der Waals surface area contributed by atoms with E-state index in [0.29, 0.717) is 11.3 Å². The van der Waals surface area contributed by atoms with Gasteiger partial charge in [-0.25, -0.2) is 18.2 Å². The fraction of sp³-hybridized carbons (Fsp3) is 0.273. The van der Waals surface area contributed by atoms with Gasteiger partial charge < -0.3 is 9.14 Å². The van der Waals surface area contributed by atoms with Crippen LogP contribution in [0.2, 0.25) is 0 Å². The minimum absolute atomic E-state index is 0.179. The van der Waals surface area contributed by atoms with Gasteiger partial charge in [0.1, 0.15) is 5.65 Å². The van der Waals surface area contributed by atoms with Gasteiger partial charge in [-0.15, -0.1) is 0 Å². The zero-order valence-corrected chi connectivity index (χ0v) is 11.3. The molecule has 2 heterocycles. The van der Waals surface area contributed by atoms with Gasteiger partial charge in [-0.05, 0) is 19.1 Å². The molecule has 2 rings (SSSR count). The van der Waals surface area contributed by atoms with Gasteiger partial charge >= 0.3 is 5.97 Å². The van der Waals surface area contributed by atoms with Crippen molar-refractivity contribution in [2.45, 2.75) is 6.92 Å². The van der Waals surface area contributed by atoms with E-state index in [1.807, 2.05) is 0 Å². The zero-order valence-electron chi connectivity index (χ0n) is 10.5. The van der Waals surface area contributed by atoms with Gasteiger partial charge in [0.15, 0.2) is 5.69 Å². The molecule has 0 saturated carbocycles. The van der Waals surface area contributed by atoms with Crippen LogP contribution in [-0.2, 0) is 14.8 Å². The molecule has 0 atom stereocenters. The Balaban J connectivity index is 2.36. The van der Waals surface area contributed by atoms with Crippen LogP contribution in [0.3, 0.4) is 0 Å². The van der Waals surface area contributed by atoms with Crippen molar-refractivity contribution in [2.24, 2.45) is 0 Å². The summed E-state index contributed by atoms with van der Waals surface area (Å²) in [7, 11) is -3.34. The molecule has 0 aliphatic carbocycles. The minimum atomic E-state index is -3.34. The lowest BCUT2D eigenvalue weighted by atomic mass is 10.4. The number of sulfonamides is 1. The molecule has 0 bridgehead atoms. The van der Waals surface area contributed by atoms with Gasteiger partial charge in [0.2, 0.25) is 10.0 Å². The zero-order chi connectivity index (χ0) is 14.0. The first-order valence-electron chi connectivity index (χ1n) is 5.52. The summed E-state index contributed by atoms with van der Waals surface area (Å²) in [4.78, 5) is 15.6. The number of carbonyl (C=O) groups is 1. The second kappa shape index (κ2) is 4.88. The third kappa shape index (κ3) is 3.22. The molecule has 0 spiro atoms. The number of aromatic nitrogens is 2. The van der Waals surface area contributed by atoms with Crippen molar-refractivity contribution in [3.05, 3.63) is 30.2 Å². The van der Waals surface area contributed by atoms with Gasteiger partial charge in [-0.2, -0.15) is 0 Å². The molecule has 0 fully saturated rings. The number of carbonyl (C=O) groups excluding carboxylic acids is 1. The predicted molar refractivity (Wildman–Crippen MR) is 69.6 cm³/mol. The maximum Gasteiger partial charge on any atom is 0.358 e. The molecule has 0 radical (unpaired) electrons. The number of nitrogens with one attached hydrogen (secondary N) is 1. The summed E-state index contributed by atoms with van der Waals surface area (Å²) >= 11 is 0. The maximum absolute atomic E-state index is 11.5. The average molecular weight is 283 g/mol. The lowest BCUT2D eigenvalue weighted by Crippen LogP contribution is -2.09. The smallest absolute Gasteiger partial charge is 0.358 e. The molecule has 0 saturated heterocycles. The quantitative estimate of drug-likeness (QED) is 0.841. The molecule has 0 aliphatic heterocycles. The Labute approximate surface area is 110 Å². The highest BCUT2D eigenvalue weighted by molar-refractivity contribution is 7.92. The van der Waals surface area contributed by atoms with Crippen molar-refractivity contribution in [3.63, 3.8) is 0 Å². The number of anilines is 1. The number of hydrogen-bond acceptors (Lipinski definition) is 5. The highest BCUT2D eigenvalue weighted by Crippen LogP contribution is 2.13. The first-order valence-corrected chi connectivity index (χ1v) is 7.42. The molecule has 19 heavy (non-hydrogen) atoms. The molecule has 0 unspecified atom stereocenters. The molecular weight excluding hydrogens is 270 g/mol. The lowest BCUT2D eigenvalue weighted by Gasteiger charge is -2.03. The highest BCUT2D eigenvalue weighted by Gasteiger charge is 2.12. The number of hydrogen-bond donors (Lipinski definition) is 1. The third-order valence-corrected chi connectivity index (χ3v) is 2.85. The van der Waals surface area contributed by atoms with Crippen LogP contribution >= 0.6 is 0 Å². The SMILES string of the molecule is CCOC(=O)c1cn2cc(NS(C)(=O)=O)ccc2n1. The molecule has 1 N–H and O–H groups in total. The number of nitrogens with zero attached hydrogens (tertiary/aromatic N) is 2. The summed E-state index contributed by atoms with van der Waals surface area (Å²) in [6.07, 6.45) is 4.09. The molecular formula is C11H13N3O4S. The van der Waals surface area contributed by atoms with Crippen LogP contribution in [0, 0.1) is 0 Å². The summed E-state index contributed by atoms with van der Waals surface area (Å²) in [5, 5.41) is 0. The number of pyridine rings is 1. The van der Waals surface area contributed by atoms with Crippen LogP contribution < -0.4 is 4.72 Å². The number of rotatable bonds is 4. The van der Waals surface area contributed by atoms with Crippen molar-refractivity contribution in [2.75, 3.05) is 17.6 Å². The topological polar surface area (TPSA) is 89.8 Å². The Morgan fingerprint density at radius 2 is 2.16 bits per heavy atom. The average Bonchev–Trinajstić information content (AvgIpc) is 2.70. The van der Waals surface area contributed by atoms with Crippen LogP contribution in [0.15, 0.2) is 24.5 Å². The van der Waals surface area contributed by atoms with E-state index >= 15 is 0 Å². The highest BCUT2D eigenvalue weighted by atomic mass is 32.2. The van der Waals surface area contributed by atoms with E-state index in [1.54, 1.807) is 23.5 Å². The molecule has 2 aromatic rings. The lowest BCUT2D eigenvalue weighted by molar-refractivity contribution is 0.0520. The summed E-state index contributed by atoms with van der Waals surface area (Å²) < 4.78 is 31.0. The van der Waals surface area contributed by atoms with Crippen LogP contribution in [0.5, 0.6) is 0 Å². The Kier molecular flexibility index (Phi) is 3.43. The van der Waals surface area contributed by atoms with Gasteiger partial charge in [0.05, 0.1) is 18.6 Å². The van der Waals surface area contributed by atoms with Gasteiger partial charge in [-0.3, -0.25) is 4.72 Å². The van der Waals surface area contributed by atoms with Crippen LogP contribution in [0.25, 0.3) is 5.65 Å². The van der Waals surface area contributed by atoms with Gasteiger partial charge in [0, 0.05) is 12.4 Å². The summed E-state index contributed by atoms with van der Waals surface area (Å²) in [6.45, 7) is 1.98. The van der Waals surface area contributed by atoms with Gasteiger partial charge in [0.25, 0.3) is 0 Å². The maximum atomic E-state index is 11.5. The largest absolute Gasteiger partial charge is 0.461 e. The van der Waals surface area contributed by atoms with E-state index in [9.17, 15) is 13.2 Å². The van der Waals surface area contributed by atoms with E-state index < -0.39 is 16.0 Å². The Morgan fingerprint density at radius 3 is 2.79 bits per heavy atom. The minimum Gasteiger partial charge on any atom is -0.461 e. The fourth-order valence-corrected chi connectivity index (χ4v) is 2.12. The molecule has 2 aromatic heterocycles. The summed E-state index contributed by atoms with van der Waals surface area (Å²) in [5.41, 5.74) is 1.10. The number of imidazole rings is 1. The number of fused-ring (bicyclic) bond motifs is 1. The van der Waals surface area contributed by atoms with E-state index in [2.05, 4.69) is 9.71 Å². The molecule has 102 valence electrons. The molecule has 0 aromatic carbocycles. The van der Waals surface area contributed by atoms with E-state index in [0.717, 1.165) is 6.26 Å². The summed E-state index contributed by atoms with van der Waals surface area (Å²) in [5.74, 6) is -0.510. The van der Waals surface area contributed by atoms with Crippen molar-refractivity contribution in [3.8, 4) is 0 Å². The molecule has 0 amide bonds. The first-order chi connectivity index (χ1) is 8.89. The van der Waals surface area contributed by atoms with E-state index in [-0.39, 0.29) is 12.3 Å². The number of ether oxygens (including phenoxy) is 1. The second-order valence-corrected chi connectivity index (χ2v) is 5.65. The standard InChI is InChI=1S/C11H13N3O4S/c1-3-18-11(15)9-7-14-6-8(13-19(2,16)17)4-5-10(14)12-9/h4-7,13H,3H2,1-2H3. The van der Waals surface area contributed by atoms with Crippen molar-refractivity contribution >= 4 is 27.3 Å². The van der Waals surface area contributed by atoms with Crippen molar-refractivity contribution in [1.82, 2.24) is 9.38 Å². The summed E-state index contributed by atoms with van der Waals surface area (Å²) in [6, 6.07) is 3.18. The predicted octanol–water partition coefficient (Wildman–Crippen LogP) is 0.883. The van der Waals surface area contributed by atoms with Crippen LogP contribution in [-0.4, -0.2) is 36.6 Å². The Bertz CT molecular complexity index is 721. The fourth-order valence-electron chi connectivity index (χ4n) is 1.57. The second-order valence-electron chi connectivity index (χ2n) is 3.90. The van der Waals surface area contributed by atoms with Gasteiger partial charge in [-0.1, -0.05) is 0 Å². The first kappa shape index (κ1) is 13.3. The Hall–Kier alpha value is -2.09. The van der Waals surface area contributed by atoms with Crippen LogP contribution in [0.4, 0.5) is 5.69 Å². The molecule has 0 aliphatic rings. The monoisotopic (exact) mass is 283 g/mol. The number of esters is 1. The van der Waals surface area contributed by atoms with Crippen molar-refractivity contribution in [1.29, 1.82) is 0 Å². The molecule has 7 nitrogen and oxygen atoms in total. The van der Waals surface area contributed by atoms with Crippen LogP contribution in [0.1, 0.15) is 17.4 Å². The van der Waals surface area contributed by atoms with Crippen molar-refractivity contribution < 1.29 is 17.9 Å². The van der Waals surface area contributed by atoms with E-state index in [1.165, 1.54) is 12.4 Å². The molecule has 8 heteroatoms. The Morgan fingerprint density at radius 1 is 1.42 bits per heavy atom. The normalized spacial score (nSPS) is 11.5. The third-order valence-electron chi connectivity index (χ3n) is 2.24.